The highest BCUT2D eigenvalue weighted by atomic mass is 16.5. The topological polar surface area (TPSA) is 52.3 Å². The van der Waals surface area contributed by atoms with E-state index in [0.717, 1.165) is 54.3 Å². The molecule has 0 N–H and O–H groups in total. The number of rotatable bonds is 3. The third kappa shape index (κ3) is 3.29. The predicted molar refractivity (Wildman–Crippen MR) is 119 cm³/mol. The van der Waals surface area contributed by atoms with E-state index < -0.39 is 0 Å². The number of aromatic nitrogens is 3. The van der Waals surface area contributed by atoms with Crippen LogP contribution in [0.4, 0.5) is 5.69 Å². The van der Waals surface area contributed by atoms with Crippen molar-refractivity contribution in [2.75, 3.05) is 31.2 Å². The van der Waals surface area contributed by atoms with Gasteiger partial charge in [-0.05, 0) is 49.7 Å². The molecule has 6 heteroatoms. The minimum Gasteiger partial charge on any atom is -0.378 e. The lowest BCUT2D eigenvalue weighted by molar-refractivity contribution is 0.122. The van der Waals surface area contributed by atoms with E-state index in [9.17, 15) is 4.79 Å². The molecule has 4 aromatic rings. The fourth-order valence-electron chi connectivity index (χ4n) is 4.03. The maximum Gasteiger partial charge on any atom is 0.280 e. The lowest BCUT2D eigenvalue weighted by Gasteiger charge is -2.29. The molecule has 0 atom stereocenters. The molecule has 0 bridgehead atoms. The summed E-state index contributed by atoms with van der Waals surface area (Å²) in [5.74, 6) is 0. The van der Waals surface area contributed by atoms with Crippen LogP contribution in [0, 0.1) is 13.8 Å². The molecule has 0 spiro atoms. The van der Waals surface area contributed by atoms with Gasteiger partial charge in [0.15, 0.2) is 0 Å². The number of fused-ring (bicyclic) bond motifs is 1. The molecule has 2 aromatic heterocycles. The molecule has 1 aliphatic heterocycles. The van der Waals surface area contributed by atoms with Crippen LogP contribution in [-0.4, -0.2) is 40.7 Å². The normalized spacial score (nSPS) is 14.4. The second kappa shape index (κ2) is 7.46. The van der Waals surface area contributed by atoms with Gasteiger partial charge in [0.1, 0.15) is 0 Å². The average molecular weight is 400 g/mol. The molecule has 30 heavy (non-hydrogen) atoms. The lowest BCUT2D eigenvalue weighted by atomic mass is 10.2. The van der Waals surface area contributed by atoms with E-state index in [2.05, 4.69) is 34.3 Å². The van der Waals surface area contributed by atoms with Crippen LogP contribution < -0.4 is 10.5 Å². The van der Waals surface area contributed by atoms with Crippen molar-refractivity contribution < 1.29 is 4.74 Å². The van der Waals surface area contributed by atoms with Crippen molar-refractivity contribution in [3.63, 3.8) is 0 Å². The second-order valence-corrected chi connectivity index (χ2v) is 7.75. The Labute approximate surface area is 174 Å². The number of anilines is 1. The van der Waals surface area contributed by atoms with Crippen LogP contribution in [0.2, 0.25) is 0 Å². The van der Waals surface area contributed by atoms with Crippen LogP contribution in [0.15, 0.2) is 65.7 Å². The molecule has 2 aromatic carbocycles. The van der Waals surface area contributed by atoms with E-state index in [1.807, 2.05) is 55.1 Å². The van der Waals surface area contributed by atoms with Gasteiger partial charge in [0, 0.05) is 42.2 Å². The minimum atomic E-state index is -0.107. The third-order valence-corrected chi connectivity index (χ3v) is 5.64. The van der Waals surface area contributed by atoms with E-state index in [4.69, 9.17) is 4.74 Å². The third-order valence-electron chi connectivity index (χ3n) is 5.64. The number of ether oxygens (including phenoxy) is 1. The first-order chi connectivity index (χ1) is 14.6. The summed E-state index contributed by atoms with van der Waals surface area (Å²) in [6, 6.07) is 16.2. The van der Waals surface area contributed by atoms with Gasteiger partial charge in [-0.1, -0.05) is 18.2 Å². The van der Waals surface area contributed by atoms with Gasteiger partial charge in [-0.3, -0.25) is 4.79 Å². The maximum atomic E-state index is 13.2. The molecular weight excluding hydrogens is 376 g/mol. The lowest BCUT2D eigenvalue weighted by Crippen LogP contribution is -2.36. The SMILES string of the molecule is Cc1cccc(-n2nc(C)c3cn(-c4cccc(N5CCOCC5)c4)cc3c2=O)c1. The average Bonchev–Trinajstić information content (AvgIpc) is 3.24. The van der Waals surface area contributed by atoms with Gasteiger partial charge < -0.3 is 14.2 Å². The zero-order chi connectivity index (χ0) is 20.7. The van der Waals surface area contributed by atoms with Gasteiger partial charge in [0.05, 0.1) is 30.0 Å². The zero-order valence-electron chi connectivity index (χ0n) is 17.2. The van der Waals surface area contributed by atoms with Gasteiger partial charge in [-0.25, -0.2) is 0 Å². The largest absolute Gasteiger partial charge is 0.378 e. The fourth-order valence-corrected chi connectivity index (χ4v) is 4.03. The van der Waals surface area contributed by atoms with Gasteiger partial charge in [0.2, 0.25) is 0 Å². The van der Waals surface area contributed by atoms with Crippen LogP contribution >= 0.6 is 0 Å². The summed E-state index contributed by atoms with van der Waals surface area (Å²) in [5, 5.41) is 6.12. The summed E-state index contributed by atoms with van der Waals surface area (Å²) in [6.45, 7) is 7.24. The molecule has 6 nitrogen and oxygen atoms in total. The molecule has 5 rings (SSSR count). The Hall–Kier alpha value is -3.38. The van der Waals surface area contributed by atoms with E-state index in [1.54, 1.807) is 0 Å². The van der Waals surface area contributed by atoms with E-state index in [1.165, 1.54) is 10.4 Å². The molecule has 0 amide bonds. The van der Waals surface area contributed by atoms with Gasteiger partial charge in [-0.15, -0.1) is 0 Å². The van der Waals surface area contributed by atoms with Crippen molar-refractivity contribution in [3.05, 3.63) is 82.5 Å². The molecule has 1 aliphatic rings. The van der Waals surface area contributed by atoms with E-state index in [0.29, 0.717) is 5.39 Å². The number of hydrogen-bond acceptors (Lipinski definition) is 4. The first kappa shape index (κ1) is 18.6. The Bertz CT molecular complexity index is 1280. The monoisotopic (exact) mass is 400 g/mol. The van der Waals surface area contributed by atoms with Gasteiger partial charge in [0.25, 0.3) is 5.56 Å². The quantitative estimate of drug-likeness (QED) is 0.527. The highest BCUT2D eigenvalue weighted by molar-refractivity contribution is 5.84. The zero-order valence-corrected chi connectivity index (χ0v) is 17.2. The Balaban J connectivity index is 1.60. The Morgan fingerprint density at radius 1 is 0.867 bits per heavy atom. The summed E-state index contributed by atoms with van der Waals surface area (Å²) >= 11 is 0. The number of benzene rings is 2. The smallest absolute Gasteiger partial charge is 0.280 e. The molecule has 0 radical (unpaired) electrons. The van der Waals surface area contributed by atoms with Crippen molar-refractivity contribution in [1.82, 2.24) is 14.3 Å². The molecule has 152 valence electrons. The number of aryl methyl sites for hydroxylation is 2. The van der Waals surface area contributed by atoms with Crippen molar-refractivity contribution in [1.29, 1.82) is 0 Å². The van der Waals surface area contributed by atoms with Gasteiger partial charge >= 0.3 is 0 Å². The van der Waals surface area contributed by atoms with E-state index >= 15 is 0 Å². The fraction of sp³-hybridized carbons (Fsp3) is 0.250. The Kier molecular flexibility index (Phi) is 4.64. The van der Waals surface area contributed by atoms with Crippen LogP contribution in [0.1, 0.15) is 11.3 Å². The Morgan fingerprint density at radius 3 is 2.37 bits per heavy atom. The van der Waals surface area contributed by atoms with Crippen molar-refractivity contribution in [2.45, 2.75) is 13.8 Å². The van der Waals surface area contributed by atoms with Crippen molar-refractivity contribution >= 4 is 16.5 Å². The van der Waals surface area contributed by atoms with Crippen LogP contribution in [0.3, 0.4) is 0 Å². The summed E-state index contributed by atoms with van der Waals surface area (Å²) in [4.78, 5) is 15.5. The molecule has 0 unspecified atom stereocenters. The Morgan fingerprint density at radius 2 is 1.57 bits per heavy atom. The molecular formula is C24H24N4O2. The molecule has 1 fully saturated rings. The summed E-state index contributed by atoms with van der Waals surface area (Å²) < 4.78 is 8.98. The highest BCUT2D eigenvalue weighted by Gasteiger charge is 2.15. The van der Waals surface area contributed by atoms with Crippen LogP contribution in [0.25, 0.3) is 22.1 Å². The standard InChI is InChI=1S/C24H24N4O2/c1-17-5-3-8-21(13-17)28-24(29)23-16-27(15-22(23)18(2)25-28)20-7-4-6-19(14-20)26-9-11-30-12-10-26/h3-8,13-16H,9-12H2,1-2H3. The summed E-state index contributed by atoms with van der Waals surface area (Å²) in [7, 11) is 0. The summed E-state index contributed by atoms with van der Waals surface area (Å²) in [5.41, 5.74) is 4.79. The minimum absolute atomic E-state index is 0.107. The van der Waals surface area contributed by atoms with Gasteiger partial charge in [-0.2, -0.15) is 9.78 Å². The second-order valence-electron chi connectivity index (χ2n) is 7.75. The first-order valence-electron chi connectivity index (χ1n) is 10.2. The van der Waals surface area contributed by atoms with Crippen molar-refractivity contribution in [3.8, 4) is 11.4 Å². The molecule has 3 heterocycles. The predicted octanol–water partition coefficient (Wildman–Crippen LogP) is 3.63. The molecule has 0 saturated carbocycles. The van der Waals surface area contributed by atoms with Crippen molar-refractivity contribution in [2.24, 2.45) is 0 Å². The highest BCUT2D eigenvalue weighted by Crippen LogP contribution is 2.23. The molecule has 1 saturated heterocycles. The summed E-state index contributed by atoms with van der Waals surface area (Å²) in [6.07, 6.45) is 3.91. The van der Waals surface area contributed by atoms with Crippen LogP contribution in [-0.2, 0) is 4.74 Å². The number of morpholine rings is 1. The number of hydrogen-bond donors (Lipinski definition) is 0. The maximum absolute atomic E-state index is 13.2. The number of nitrogens with zero attached hydrogens (tertiary/aromatic N) is 4. The first-order valence-corrected chi connectivity index (χ1v) is 10.2. The van der Waals surface area contributed by atoms with E-state index in [-0.39, 0.29) is 5.56 Å². The molecule has 0 aliphatic carbocycles. The van der Waals surface area contributed by atoms with Crippen LogP contribution in [0.5, 0.6) is 0 Å².